The SMILES string of the molecule is CCCCN(C)C(=O)C1CCN(C(=O)CCc2ccccc2)CC1. The molecule has 0 atom stereocenters. The number of likely N-dealkylation sites (tertiary alicyclic amines) is 1. The van der Waals surface area contributed by atoms with Crippen LogP contribution < -0.4 is 0 Å². The van der Waals surface area contributed by atoms with Gasteiger partial charge in [-0.1, -0.05) is 43.7 Å². The lowest BCUT2D eigenvalue weighted by molar-refractivity contribution is -0.139. The summed E-state index contributed by atoms with van der Waals surface area (Å²) in [5.41, 5.74) is 1.20. The first-order chi connectivity index (χ1) is 11.6. The molecule has 0 aliphatic carbocycles. The average Bonchev–Trinajstić information content (AvgIpc) is 2.64. The smallest absolute Gasteiger partial charge is 0.225 e. The summed E-state index contributed by atoms with van der Waals surface area (Å²) < 4.78 is 0. The summed E-state index contributed by atoms with van der Waals surface area (Å²) in [6.45, 7) is 4.40. The number of rotatable bonds is 7. The second kappa shape index (κ2) is 9.45. The van der Waals surface area contributed by atoms with E-state index < -0.39 is 0 Å². The first-order valence-electron chi connectivity index (χ1n) is 9.18. The van der Waals surface area contributed by atoms with E-state index in [9.17, 15) is 9.59 Å². The van der Waals surface area contributed by atoms with Crippen LogP contribution in [0.25, 0.3) is 0 Å². The number of hydrogen-bond acceptors (Lipinski definition) is 2. The molecule has 2 rings (SSSR count). The van der Waals surface area contributed by atoms with Gasteiger partial charge in [0.25, 0.3) is 0 Å². The van der Waals surface area contributed by atoms with Gasteiger partial charge in [-0.15, -0.1) is 0 Å². The predicted molar refractivity (Wildman–Crippen MR) is 96.6 cm³/mol. The molecule has 4 heteroatoms. The summed E-state index contributed by atoms with van der Waals surface area (Å²) in [5, 5.41) is 0. The molecule has 24 heavy (non-hydrogen) atoms. The van der Waals surface area contributed by atoms with Crippen LogP contribution in [0.5, 0.6) is 0 Å². The van der Waals surface area contributed by atoms with Crippen molar-refractivity contribution < 1.29 is 9.59 Å². The van der Waals surface area contributed by atoms with Gasteiger partial charge >= 0.3 is 0 Å². The van der Waals surface area contributed by atoms with Gasteiger partial charge in [0.1, 0.15) is 0 Å². The van der Waals surface area contributed by atoms with Crippen molar-refractivity contribution in [2.75, 3.05) is 26.7 Å². The van der Waals surface area contributed by atoms with Crippen LogP contribution in [0.2, 0.25) is 0 Å². The van der Waals surface area contributed by atoms with Crippen LogP contribution in [0.1, 0.15) is 44.6 Å². The molecule has 0 N–H and O–H groups in total. The molecule has 0 bridgehead atoms. The number of piperidine rings is 1. The Hall–Kier alpha value is -1.84. The van der Waals surface area contributed by atoms with E-state index in [-0.39, 0.29) is 17.7 Å². The molecular formula is C20H30N2O2. The van der Waals surface area contributed by atoms with E-state index in [1.807, 2.05) is 35.0 Å². The van der Waals surface area contributed by atoms with Crippen LogP contribution >= 0.6 is 0 Å². The first kappa shape index (κ1) is 18.5. The third kappa shape index (κ3) is 5.36. The molecular weight excluding hydrogens is 300 g/mol. The van der Waals surface area contributed by atoms with Crippen molar-refractivity contribution in [3.05, 3.63) is 35.9 Å². The second-order valence-corrected chi connectivity index (χ2v) is 6.75. The van der Waals surface area contributed by atoms with Crippen LogP contribution in [0.15, 0.2) is 30.3 Å². The lowest BCUT2D eigenvalue weighted by Crippen LogP contribution is -2.43. The summed E-state index contributed by atoms with van der Waals surface area (Å²) >= 11 is 0. The van der Waals surface area contributed by atoms with Crippen LogP contribution in [0, 0.1) is 5.92 Å². The number of hydrogen-bond donors (Lipinski definition) is 0. The minimum Gasteiger partial charge on any atom is -0.346 e. The van der Waals surface area contributed by atoms with Crippen molar-refractivity contribution in [3.8, 4) is 0 Å². The second-order valence-electron chi connectivity index (χ2n) is 6.75. The van der Waals surface area contributed by atoms with Crippen LogP contribution in [0.4, 0.5) is 0 Å². The molecule has 4 nitrogen and oxygen atoms in total. The Morgan fingerprint density at radius 2 is 1.83 bits per heavy atom. The molecule has 1 fully saturated rings. The minimum atomic E-state index is 0.0880. The maximum absolute atomic E-state index is 12.4. The Morgan fingerprint density at radius 1 is 1.17 bits per heavy atom. The number of carbonyl (C=O) groups is 2. The fourth-order valence-electron chi connectivity index (χ4n) is 3.25. The summed E-state index contributed by atoms with van der Waals surface area (Å²) in [6, 6.07) is 10.1. The van der Waals surface area contributed by atoms with E-state index in [4.69, 9.17) is 0 Å². The Morgan fingerprint density at radius 3 is 2.46 bits per heavy atom. The van der Waals surface area contributed by atoms with Gasteiger partial charge in [0.2, 0.25) is 11.8 Å². The third-order valence-electron chi connectivity index (χ3n) is 4.89. The highest BCUT2D eigenvalue weighted by atomic mass is 16.2. The number of benzene rings is 1. The predicted octanol–water partition coefficient (Wildman–Crippen LogP) is 3.12. The van der Waals surface area contributed by atoms with Crippen LogP contribution in [0.3, 0.4) is 0 Å². The molecule has 1 aromatic rings. The van der Waals surface area contributed by atoms with E-state index >= 15 is 0 Å². The normalized spacial score (nSPS) is 15.3. The molecule has 0 radical (unpaired) electrons. The summed E-state index contributed by atoms with van der Waals surface area (Å²) in [6.07, 6.45) is 5.10. The van der Waals surface area contributed by atoms with Gasteiger partial charge in [0.15, 0.2) is 0 Å². The zero-order chi connectivity index (χ0) is 17.4. The molecule has 1 saturated heterocycles. The molecule has 2 amide bonds. The minimum absolute atomic E-state index is 0.0880. The standard InChI is InChI=1S/C20H30N2O2/c1-3-4-14-21(2)20(24)18-12-15-22(16-13-18)19(23)11-10-17-8-6-5-7-9-17/h5-9,18H,3-4,10-16H2,1-2H3. The molecule has 0 unspecified atom stereocenters. The summed E-state index contributed by atoms with van der Waals surface area (Å²) in [4.78, 5) is 28.6. The van der Waals surface area contributed by atoms with Crippen molar-refractivity contribution in [2.45, 2.75) is 45.4 Å². The average molecular weight is 330 g/mol. The highest BCUT2D eigenvalue weighted by Crippen LogP contribution is 2.20. The summed E-state index contributed by atoms with van der Waals surface area (Å²) in [5.74, 6) is 0.550. The molecule has 0 aromatic heterocycles. The van der Waals surface area contributed by atoms with E-state index in [0.717, 1.165) is 38.6 Å². The highest BCUT2D eigenvalue weighted by molar-refractivity contribution is 5.80. The van der Waals surface area contributed by atoms with Gasteiger partial charge in [-0.3, -0.25) is 9.59 Å². The maximum atomic E-state index is 12.4. The van der Waals surface area contributed by atoms with Gasteiger partial charge in [0, 0.05) is 39.0 Å². The van der Waals surface area contributed by atoms with Gasteiger partial charge in [-0.25, -0.2) is 0 Å². The molecule has 0 saturated carbocycles. The Balaban J connectivity index is 1.73. The quantitative estimate of drug-likeness (QED) is 0.771. The molecule has 1 heterocycles. The van der Waals surface area contributed by atoms with E-state index in [0.29, 0.717) is 19.5 Å². The molecule has 0 spiro atoms. The zero-order valence-corrected chi connectivity index (χ0v) is 15.0. The summed E-state index contributed by atoms with van der Waals surface area (Å²) in [7, 11) is 1.90. The Labute approximate surface area is 145 Å². The lowest BCUT2D eigenvalue weighted by atomic mass is 9.95. The van der Waals surface area contributed by atoms with Crippen molar-refractivity contribution in [2.24, 2.45) is 5.92 Å². The van der Waals surface area contributed by atoms with Crippen molar-refractivity contribution in [3.63, 3.8) is 0 Å². The molecule has 1 aromatic carbocycles. The lowest BCUT2D eigenvalue weighted by Gasteiger charge is -2.33. The zero-order valence-electron chi connectivity index (χ0n) is 15.0. The molecule has 1 aliphatic rings. The first-order valence-corrected chi connectivity index (χ1v) is 9.18. The number of aryl methyl sites for hydroxylation is 1. The van der Waals surface area contributed by atoms with Crippen molar-refractivity contribution >= 4 is 11.8 Å². The fourth-order valence-corrected chi connectivity index (χ4v) is 3.25. The Bertz CT molecular complexity index is 522. The van der Waals surface area contributed by atoms with Gasteiger partial charge in [-0.05, 0) is 31.2 Å². The van der Waals surface area contributed by atoms with E-state index in [1.54, 1.807) is 0 Å². The number of carbonyl (C=O) groups excluding carboxylic acids is 2. The fraction of sp³-hybridized carbons (Fsp3) is 0.600. The monoisotopic (exact) mass is 330 g/mol. The van der Waals surface area contributed by atoms with Gasteiger partial charge < -0.3 is 9.80 Å². The van der Waals surface area contributed by atoms with Gasteiger partial charge in [-0.2, -0.15) is 0 Å². The topological polar surface area (TPSA) is 40.6 Å². The van der Waals surface area contributed by atoms with Crippen LogP contribution in [-0.2, 0) is 16.0 Å². The number of amides is 2. The molecule has 132 valence electrons. The third-order valence-corrected chi connectivity index (χ3v) is 4.89. The number of nitrogens with zero attached hydrogens (tertiary/aromatic N) is 2. The van der Waals surface area contributed by atoms with Gasteiger partial charge in [0.05, 0.1) is 0 Å². The van der Waals surface area contributed by atoms with E-state index in [1.165, 1.54) is 5.56 Å². The maximum Gasteiger partial charge on any atom is 0.225 e. The highest BCUT2D eigenvalue weighted by Gasteiger charge is 2.28. The van der Waals surface area contributed by atoms with E-state index in [2.05, 4.69) is 19.1 Å². The largest absolute Gasteiger partial charge is 0.346 e. The van der Waals surface area contributed by atoms with Crippen LogP contribution in [-0.4, -0.2) is 48.3 Å². The number of unbranched alkanes of at least 4 members (excludes halogenated alkanes) is 1. The Kier molecular flexibility index (Phi) is 7.29. The van der Waals surface area contributed by atoms with Crippen molar-refractivity contribution in [1.82, 2.24) is 9.80 Å². The molecule has 1 aliphatic heterocycles. The van der Waals surface area contributed by atoms with Crippen molar-refractivity contribution in [1.29, 1.82) is 0 Å².